The van der Waals surface area contributed by atoms with E-state index >= 15 is 0 Å². The second-order valence-corrected chi connectivity index (χ2v) is 4.22. The van der Waals surface area contributed by atoms with Gasteiger partial charge >= 0.3 is 0 Å². The summed E-state index contributed by atoms with van der Waals surface area (Å²) < 4.78 is 6.55. The fraction of sp³-hybridized carbons (Fsp3) is 0.200. The minimum Gasteiger partial charge on any atom is -0.492 e. The van der Waals surface area contributed by atoms with Gasteiger partial charge in [0.05, 0.1) is 17.0 Å². The van der Waals surface area contributed by atoms with Gasteiger partial charge in [0.25, 0.3) is 0 Å². The Morgan fingerprint density at radius 3 is 3.00 bits per heavy atom. The molecule has 2 rings (SSSR count). The van der Waals surface area contributed by atoms with Crippen LogP contribution in [0.4, 0.5) is 5.69 Å². The molecule has 2 N–H and O–H groups in total. The summed E-state index contributed by atoms with van der Waals surface area (Å²) in [7, 11) is 0. The highest BCUT2D eigenvalue weighted by Gasteiger charge is 2.08. The molecule has 0 aliphatic carbocycles. The van der Waals surface area contributed by atoms with Gasteiger partial charge in [0.1, 0.15) is 5.75 Å². The molecule has 0 fully saturated rings. The number of anilines is 1. The first-order chi connectivity index (χ1) is 6.72. The smallest absolute Gasteiger partial charge is 0.138 e. The Kier molecular flexibility index (Phi) is 2.52. The molecule has 1 aromatic heterocycles. The molecule has 14 heavy (non-hydrogen) atoms. The predicted molar refractivity (Wildman–Crippen MR) is 62.4 cm³/mol. The summed E-state index contributed by atoms with van der Waals surface area (Å²) >= 11 is 7.54. The first-order valence-corrected chi connectivity index (χ1v) is 5.57. The molecule has 0 spiro atoms. The maximum Gasteiger partial charge on any atom is 0.138 e. The Morgan fingerprint density at radius 2 is 2.29 bits per heavy atom. The van der Waals surface area contributed by atoms with Crippen LogP contribution < -0.4 is 10.5 Å². The summed E-state index contributed by atoms with van der Waals surface area (Å²) in [5.41, 5.74) is 6.56. The zero-order chi connectivity index (χ0) is 10.1. The molecule has 2 aromatic rings. The quantitative estimate of drug-likeness (QED) is 0.852. The fourth-order valence-electron chi connectivity index (χ4n) is 1.35. The number of ether oxygens (including phenoxy) is 1. The van der Waals surface area contributed by atoms with E-state index in [0.29, 0.717) is 11.6 Å². The van der Waals surface area contributed by atoms with Crippen molar-refractivity contribution >= 4 is 38.7 Å². The molecular weight excluding hydrogens is 218 g/mol. The summed E-state index contributed by atoms with van der Waals surface area (Å²) in [5.74, 6) is 0.816. The minimum atomic E-state index is 0.632. The number of nitrogens with two attached hydrogens (primary N) is 1. The highest BCUT2D eigenvalue weighted by molar-refractivity contribution is 7.18. The minimum absolute atomic E-state index is 0.632. The van der Waals surface area contributed by atoms with Gasteiger partial charge in [-0.3, -0.25) is 0 Å². The van der Waals surface area contributed by atoms with Crippen LogP contribution in [0.15, 0.2) is 17.5 Å². The van der Waals surface area contributed by atoms with E-state index in [-0.39, 0.29) is 0 Å². The molecule has 1 heterocycles. The molecule has 0 aliphatic rings. The van der Waals surface area contributed by atoms with E-state index in [1.165, 1.54) is 0 Å². The average Bonchev–Trinajstić information content (AvgIpc) is 2.49. The van der Waals surface area contributed by atoms with E-state index in [0.717, 1.165) is 21.5 Å². The van der Waals surface area contributed by atoms with Crippen molar-refractivity contribution in [3.63, 3.8) is 0 Å². The Balaban J connectivity index is 2.68. The van der Waals surface area contributed by atoms with Gasteiger partial charge in [-0.15, -0.1) is 11.3 Å². The fourth-order valence-corrected chi connectivity index (χ4v) is 2.47. The normalized spacial score (nSPS) is 10.7. The molecule has 2 nitrogen and oxygen atoms in total. The highest BCUT2D eigenvalue weighted by Crippen LogP contribution is 2.37. The largest absolute Gasteiger partial charge is 0.492 e. The van der Waals surface area contributed by atoms with Gasteiger partial charge in [0.15, 0.2) is 0 Å². The highest BCUT2D eigenvalue weighted by atomic mass is 35.5. The lowest BCUT2D eigenvalue weighted by Gasteiger charge is -2.04. The number of hydrogen-bond donors (Lipinski definition) is 1. The summed E-state index contributed by atoms with van der Waals surface area (Å²) in [4.78, 5) is 0. The molecular formula is C10H10ClNOS. The van der Waals surface area contributed by atoms with Crippen molar-refractivity contribution in [2.75, 3.05) is 12.3 Å². The summed E-state index contributed by atoms with van der Waals surface area (Å²) in [5, 5.41) is 3.54. The lowest BCUT2D eigenvalue weighted by atomic mass is 10.2. The van der Waals surface area contributed by atoms with Crippen LogP contribution in [0.3, 0.4) is 0 Å². The second-order valence-electron chi connectivity index (χ2n) is 2.90. The van der Waals surface area contributed by atoms with Crippen molar-refractivity contribution in [3.8, 4) is 5.75 Å². The standard InChI is InChI=1S/C10H10ClNOS/c1-2-13-9-4-6(11)3-7-8(12)5-14-10(7)9/h3-5H,2,12H2,1H3. The molecule has 0 atom stereocenters. The molecule has 0 unspecified atom stereocenters. The van der Waals surface area contributed by atoms with E-state index in [1.54, 1.807) is 11.3 Å². The number of rotatable bonds is 2. The van der Waals surface area contributed by atoms with Gasteiger partial charge in [-0.2, -0.15) is 0 Å². The van der Waals surface area contributed by atoms with Crippen molar-refractivity contribution < 1.29 is 4.74 Å². The molecule has 0 radical (unpaired) electrons. The molecule has 0 amide bonds. The van der Waals surface area contributed by atoms with Gasteiger partial charge in [0.2, 0.25) is 0 Å². The summed E-state index contributed by atoms with van der Waals surface area (Å²) in [6, 6.07) is 3.69. The number of halogens is 1. The van der Waals surface area contributed by atoms with Crippen LogP contribution in [0.25, 0.3) is 10.1 Å². The van der Waals surface area contributed by atoms with Crippen LogP contribution in [-0.4, -0.2) is 6.61 Å². The Bertz CT molecular complexity index is 466. The maximum absolute atomic E-state index is 5.96. The zero-order valence-corrected chi connectivity index (χ0v) is 9.28. The predicted octanol–water partition coefficient (Wildman–Crippen LogP) is 3.54. The first kappa shape index (κ1) is 9.62. The summed E-state index contributed by atoms with van der Waals surface area (Å²) in [6.07, 6.45) is 0. The molecule has 0 aliphatic heterocycles. The van der Waals surface area contributed by atoms with Gasteiger partial charge in [-0.25, -0.2) is 0 Å². The van der Waals surface area contributed by atoms with Crippen LogP contribution in [0.5, 0.6) is 5.75 Å². The zero-order valence-electron chi connectivity index (χ0n) is 7.71. The van der Waals surface area contributed by atoms with Gasteiger partial charge < -0.3 is 10.5 Å². The summed E-state index contributed by atoms with van der Waals surface area (Å²) in [6.45, 7) is 2.58. The third-order valence-corrected chi connectivity index (χ3v) is 3.18. The van der Waals surface area contributed by atoms with Crippen molar-refractivity contribution in [3.05, 3.63) is 22.5 Å². The second kappa shape index (κ2) is 3.67. The molecule has 1 aromatic carbocycles. The topological polar surface area (TPSA) is 35.2 Å². The molecule has 74 valence electrons. The van der Waals surface area contributed by atoms with E-state index in [1.807, 2.05) is 24.4 Å². The number of thiophene rings is 1. The van der Waals surface area contributed by atoms with E-state index < -0.39 is 0 Å². The van der Waals surface area contributed by atoms with E-state index in [2.05, 4.69) is 0 Å². The van der Waals surface area contributed by atoms with Gasteiger partial charge in [-0.05, 0) is 13.0 Å². The molecule has 4 heteroatoms. The number of nitrogen functional groups attached to an aromatic ring is 1. The van der Waals surface area contributed by atoms with Gasteiger partial charge in [-0.1, -0.05) is 11.6 Å². The van der Waals surface area contributed by atoms with Crippen LogP contribution in [-0.2, 0) is 0 Å². The van der Waals surface area contributed by atoms with Crippen molar-refractivity contribution in [2.45, 2.75) is 6.92 Å². The van der Waals surface area contributed by atoms with Crippen molar-refractivity contribution in [1.82, 2.24) is 0 Å². The van der Waals surface area contributed by atoms with Crippen LogP contribution in [0.1, 0.15) is 6.92 Å². The number of fused-ring (bicyclic) bond motifs is 1. The molecule has 0 bridgehead atoms. The Morgan fingerprint density at radius 1 is 1.50 bits per heavy atom. The maximum atomic E-state index is 5.96. The van der Waals surface area contributed by atoms with Crippen molar-refractivity contribution in [2.24, 2.45) is 0 Å². The Hall–Kier alpha value is -0.930. The van der Waals surface area contributed by atoms with Crippen molar-refractivity contribution in [1.29, 1.82) is 0 Å². The van der Waals surface area contributed by atoms with Crippen LogP contribution in [0, 0.1) is 0 Å². The number of benzene rings is 1. The monoisotopic (exact) mass is 227 g/mol. The van der Waals surface area contributed by atoms with E-state index in [4.69, 9.17) is 22.1 Å². The lowest BCUT2D eigenvalue weighted by Crippen LogP contribution is -1.91. The number of hydrogen-bond acceptors (Lipinski definition) is 3. The SMILES string of the molecule is CCOc1cc(Cl)cc2c(N)csc12. The van der Waals surface area contributed by atoms with Gasteiger partial charge in [0, 0.05) is 21.9 Å². The van der Waals surface area contributed by atoms with Crippen LogP contribution >= 0.6 is 22.9 Å². The first-order valence-electron chi connectivity index (χ1n) is 4.31. The molecule has 0 saturated heterocycles. The third-order valence-electron chi connectivity index (χ3n) is 1.93. The van der Waals surface area contributed by atoms with Crippen LogP contribution in [0.2, 0.25) is 5.02 Å². The third kappa shape index (κ3) is 1.53. The Labute approximate surface area is 91.2 Å². The lowest BCUT2D eigenvalue weighted by molar-refractivity contribution is 0.345. The average molecular weight is 228 g/mol. The van der Waals surface area contributed by atoms with E-state index in [9.17, 15) is 0 Å². The molecule has 0 saturated carbocycles.